The number of carbonyl (C=O) groups excluding carboxylic acids is 1. The van der Waals surface area contributed by atoms with Gasteiger partial charge in [-0.05, 0) is 35.9 Å². The van der Waals surface area contributed by atoms with Crippen molar-refractivity contribution in [1.29, 1.82) is 0 Å². The molecule has 0 bridgehead atoms. The zero-order valence-corrected chi connectivity index (χ0v) is 12.5. The predicted molar refractivity (Wildman–Crippen MR) is 91.3 cm³/mol. The van der Waals surface area contributed by atoms with Crippen molar-refractivity contribution in [2.75, 3.05) is 5.32 Å². The Hall–Kier alpha value is -3.14. The van der Waals surface area contributed by atoms with Crippen LogP contribution in [0.15, 0.2) is 73.4 Å². The second-order valence-corrected chi connectivity index (χ2v) is 4.98. The van der Waals surface area contributed by atoms with Crippen LogP contribution in [0.3, 0.4) is 0 Å². The standard InChI is InChI=1S/C19H16N2O2/c1-2-18(22)21-16-10-11-17(19-15(16)9-6-12-20-19)23-13-14-7-4-3-5-8-14/h2-12H,1,13H2,(H,21,22). The van der Waals surface area contributed by atoms with Gasteiger partial charge in [-0.3, -0.25) is 9.78 Å². The van der Waals surface area contributed by atoms with E-state index in [1.54, 1.807) is 6.20 Å². The number of amides is 1. The Labute approximate surface area is 134 Å². The molecular weight excluding hydrogens is 288 g/mol. The Balaban J connectivity index is 1.91. The lowest BCUT2D eigenvalue weighted by Gasteiger charge is -2.12. The number of carbonyl (C=O) groups is 1. The molecular formula is C19H16N2O2. The van der Waals surface area contributed by atoms with Crippen molar-refractivity contribution in [3.63, 3.8) is 0 Å². The lowest BCUT2D eigenvalue weighted by Crippen LogP contribution is -2.08. The highest BCUT2D eigenvalue weighted by Gasteiger charge is 2.09. The maximum absolute atomic E-state index is 11.5. The van der Waals surface area contributed by atoms with Crippen LogP contribution in [-0.2, 0) is 11.4 Å². The molecule has 0 unspecified atom stereocenters. The van der Waals surface area contributed by atoms with Gasteiger partial charge < -0.3 is 10.1 Å². The Kier molecular flexibility index (Phi) is 4.34. The number of pyridine rings is 1. The van der Waals surface area contributed by atoms with Gasteiger partial charge in [0.2, 0.25) is 5.91 Å². The summed E-state index contributed by atoms with van der Waals surface area (Å²) in [5.41, 5.74) is 2.48. The average Bonchev–Trinajstić information content (AvgIpc) is 2.62. The number of nitrogens with one attached hydrogen (secondary N) is 1. The molecule has 0 spiro atoms. The molecule has 4 heteroatoms. The lowest BCUT2D eigenvalue weighted by atomic mass is 10.1. The number of rotatable bonds is 5. The molecule has 1 N–H and O–H groups in total. The second kappa shape index (κ2) is 6.75. The zero-order chi connectivity index (χ0) is 16.1. The van der Waals surface area contributed by atoms with Crippen LogP contribution in [0.4, 0.5) is 5.69 Å². The Morgan fingerprint density at radius 3 is 2.74 bits per heavy atom. The molecule has 1 amide bonds. The largest absolute Gasteiger partial charge is 0.487 e. The first kappa shape index (κ1) is 14.8. The molecule has 1 heterocycles. The molecule has 0 aliphatic carbocycles. The molecule has 0 aliphatic rings. The topological polar surface area (TPSA) is 51.2 Å². The van der Waals surface area contributed by atoms with E-state index >= 15 is 0 Å². The number of ether oxygens (including phenoxy) is 1. The van der Waals surface area contributed by atoms with Gasteiger partial charge in [0.1, 0.15) is 17.9 Å². The highest BCUT2D eigenvalue weighted by atomic mass is 16.5. The summed E-state index contributed by atoms with van der Waals surface area (Å²) in [6.07, 6.45) is 2.94. The van der Waals surface area contributed by atoms with Crippen molar-refractivity contribution in [2.45, 2.75) is 6.61 Å². The van der Waals surface area contributed by atoms with Crippen LogP contribution < -0.4 is 10.1 Å². The molecule has 3 rings (SSSR count). The van der Waals surface area contributed by atoms with Gasteiger partial charge in [-0.2, -0.15) is 0 Å². The first-order valence-electron chi connectivity index (χ1n) is 7.26. The van der Waals surface area contributed by atoms with Crippen LogP contribution >= 0.6 is 0 Å². The molecule has 114 valence electrons. The third-order valence-electron chi connectivity index (χ3n) is 3.41. The molecule has 4 nitrogen and oxygen atoms in total. The highest BCUT2D eigenvalue weighted by molar-refractivity contribution is 6.06. The number of hydrogen-bond donors (Lipinski definition) is 1. The fourth-order valence-electron chi connectivity index (χ4n) is 2.29. The van der Waals surface area contributed by atoms with Gasteiger partial charge in [0.15, 0.2) is 0 Å². The maximum atomic E-state index is 11.5. The van der Waals surface area contributed by atoms with E-state index in [1.807, 2.05) is 54.6 Å². The molecule has 2 aromatic carbocycles. The van der Waals surface area contributed by atoms with Gasteiger partial charge in [0.25, 0.3) is 0 Å². The van der Waals surface area contributed by atoms with E-state index in [-0.39, 0.29) is 5.91 Å². The van der Waals surface area contributed by atoms with Gasteiger partial charge in [-0.15, -0.1) is 0 Å². The molecule has 0 saturated carbocycles. The van der Waals surface area contributed by atoms with Gasteiger partial charge in [-0.25, -0.2) is 0 Å². The Morgan fingerprint density at radius 1 is 1.13 bits per heavy atom. The summed E-state index contributed by atoms with van der Waals surface area (Å²) >= 11 is 0. The molecule has 0 fully saturated rings. The van der Waals surface area contributed by atoms with E-state index in [1.165, 1.54) is 6.08 Å². The molecule has 23 heavy (non-hydrogen) atoms. The van der Waals surface area contributed by atoms with Crippen molar-refractivity contribution < 1.29 is 9.53 Å². The monoisotopic (exact) mass is 304 g/mol. The molecule has 0 atom stereocenters. The highest BCUT2D eigenvalue weighted by Crippen LogP contribution is 2.30. The summed E-state index contributed by atoms with van der Waals surface area (Å²) in [6, 6.07) is 17.3. The van der Waals surface area contributed by atoms with E-state index < -0.39 is 0 Å². The van der Waals surface area contributed by atoms with Crippen LogP contribution in [0.25, 0.3) is 10.9 Å². The summed E-state index contributed by atoms with van der Waals surface area (Å²) in [7, 11) is 0. The smallest absolute Gasteiger partial charge is 0.247 e. The second-order valence-electron chi connectivity index (χ2n) is 4.98. The summed E-state index contributed by atoms with van der Waals surface area (Å²) in [4.78, 5) is 15.9. The lowest BCUT2D eigenvalue weighted by molar-refractivity contribution is -0.111. The third-order valence-corrected chi connectivity index (χ3v) is 3.41. The quantitative estimate of drug-likeness (QED) is 0.726. The van der Waals surface area contributed by atoms with Crippen LogP contribution in [-0.4, -0.2) is 10.9 Å². The maximum Gasteiger partial charge on any atom is 0.247 e. The van der Waals surface area contributed by atoms with Gasteiger partial charge in [-0.1, -0.05) is 36.9 Å². The van der Waals surface area contributed by atoms with Crippen LogP contribution in [0.1, 0.15) is 5.56 Å². The summed E-state index contributed by atoms with van der Waals surface area (Å²) in [6.45, 7) is 3.93. The molecule has 0 radical (unpaired) electrons. The predicted octanol–water partition coefficient (Wildman–Crippen LogP) is 3.94. The van der Waals surface area contributed by atoms with Crippen LogP contribution in [0.2, 0.25) is 0 Å². The van der Waals surface area contributed by atoms with E-state index in [2.05, 4.69) is 16.9 Å². The van der Waals surface area contributed by atoms with Crippen molar-refractivity contribution >= 4 is 22.5 Å². The molecule has 3 aromatic rings. The van der Waals surface area contributed by atoms with Crippen molar-refractivity contribution in [1.82, 2.24) is 4.98 Å². The minimum Gasteiger partial charge on any atom is -0.487 e. The fraction of sp³-hybridized carbons (Fsp3) is 0.0526. The third kappa shape index (κ3) is 3.37. The molecule has 1 aromatic heterocycles. The SMILES string of the molecule is C=CC(=O)Nc1ccc(OCc2ccccc2)c2ncccc12. The summed E-state index contributed by atoms with van der Waals surface area (Å²) < 4.78 is 5.90. The first-order chi connectivity index (χ1) is 11.3. The minimum absolute atomic E-state index is 0.256. The Morgan fingerprint density at radius 2 is 1.96 bits per heavy atom. The van der Waals surface area contributed by atoms with E-state index in [4.69, 9.17) is 4.74 Å². The van der Waals surface area contributed by atoms with E-state index in [0.717, 1.165) is 10.9 Å². The van der Waals surface area contributed by atoms with Gasteiger partial charge in [0, 0.05) is 11.6 Å². The van der Waals surface area contributed by atoms with E-state index in [0.29, 0.717) is 23.6 Å². The van der Waals surface area contributed by atoms with Crippen molar-refractivity contribution in [2.24, 2.45) is 0 Å². The number of aromatic nitrogens is 1. The number of nitrogens with zero attached hydrogens (tertiary/aromatic N) is 1. The van der Waals surface area contributed by atoms with Crippen LogP contribution in [0.5, 0.6) is 5.75 Å². The molecule has 0 saturated heterocycles. The fourth-order valence-corrected chi connectivity index (χ4v) is 2.29. The van der Waals surface area contributed by atoms with E-state index in [9.17, 15) is 4.79 Å². The normalized spacial score (nSPS) is 10.3. The number of hydrogen-bond acceptors (Lipinski definition) is 3. The van der Waals surface area contributed by atoms with Gasteiger partial charge >= 0.3 is 0 Å². The number of anilines is 1. The van der Waals surface area contributed by atoms with Crippen LogP contribution in [0, 0.1) is 0 Å². The average molecular weight is 304 g/mol. The minimum atomic E-state index is -0.256. The Bertz CT molecular complexity index is 844. The number of fused-ring (bicyclic) bond motifs is 1. The van der Waals surface area contributed by atoms with Crippen molar-refractivity contribution in [3.8, 4) is 5.75 Å². The molecule has 0 aliphatic heterocycles. The van der Waals surface area contributed by atoms with Crippen molar-refractivity contribution in [3.05, 3.63) is 79.0 Å². The first-order valence-corrected chi connectivity index (χ1v) is 7.26. The summed E-state index contributed by atoms with van der Waals surface area (Å²) in [5, 5.41) is 3.61. The van der Waals surface area contributed by atoms with Gasteiger partial charge in [0.05, 0.1) is 5.69 Å². The summed E-state index contributed by atoms with van der Waals surface area (Å²) in [5.74, 6) is 0.425. The zero-order valence-electron chi connectivity index (χ0n) is 12.5. The number of benzene rings is 2.